The van der Waals surface area contributed by atoms with Gasteiger partial charge in [0.1, 0.15) is 0 Å². The predicted octanol–water partition coefficient (Wildman–Crippen LogP) is 0.795. The zero-order valence-corrected chi connectivity index (χ0v) is 8.09. The van der Waals surface area contributed by atoms with Crippen molar-refractivity contribution in [1.82, 2.24) is 0 Å². The summed E-state index contributed by atoms with van der Waals surface area (Å²) in [7, 11) is 0. The predicted molar refractivity (Wildman–Crippen MR) is 46.8 cm³/mol. The molecular weight excluding hydrogens is 172 g/mol. The maximum absolute atomic E-state index is 11.1. The molecule has 0 radical (unpaired) electrons. The van der Waals surface area contributed by atoms with Gasteiger partial charge in [-0.15, -0.1) is 0 Å². The molecule has 4 heteroatoms. The highest BCUT2D eigenvalue weighted by Gasteiger charge is 2.14. The fourth-order valence-corrected chi connectivity index (χ4v) is 0.779. The third-order valence-electron chi connectivity index (χ3n) is 1.69. The minimum Gasteiger partial charge on any atom is -0.391 e. The maximum Gasteiger partial charge on any atom is 0.343 e. The van der Waals surface area contributed by atoms with Gasteiger partial charge in [0.2, 0.25) is 0 Å². The average Bonchev–Trinajstić information content (AvgIpc) is 2.03. The standard InChI is InChI=1S/C9H14O4/c1-4-6(2)8(5-10)9(12)13-7(3)11/h10H,4-5H2,1-3H3/b8-6+. The van der Waals surface area contributed by atoms with Crippen molar-refractivity contribution in [3.8, 4) is 0 Å². The molecule has 0 unspecified atom stereocenters. The third-order valence-corrected chi connectivity index (χ3v) is 1.69. The van der Waals surface area contributed by atoms with Crippen LogP contribution in [0.5, 0.6) is 0 Å². The first-order valence-corrected chi connectivity index (χ1v) is 4.05. The second kappa shape index (κ2) is 5.48. The fourth-order valence-electron chi connectivity index (χ4n) is 0.779. The molecule has 0 heterocycles. The fraction of sp³-hybridized carbons (Fsp3) is 0.556. The average molecular weight is 186 g/mol. The molecular formula is C9H14O4. The van der Waals surface area contributed by atoms with E-state index in [1.165, 1.54) is 0 Å². The van der Waals surface area contributed by atoms with Gasteiger partial charge in [-0.05, 0) is 13.3 Å². The molecule has 0 saturated carbocycles. The van der Waals surface area contributed by atoms with Crippen LogP contribution in [0, 0.1) is 0 Å². The van der Waals surface area contributed by atoms with E-state index in [1.54, 1.807) is 6.92 Å². The number of hydrogen-bond acceptors (Lipinski definition) is 4. The van der Waals surface area contributed by atoms with Gasteiger partial charge in [-0.3, -0.25) is 4.79 Å². The Hall–Kier alpha value is -1.16. The zero-order chi connectivity index (χ0) is 10.4. The van der Waals surface area contributed by atoms with Gasteiger partial charge in [0.15, 0.2) is 0 Å². The first-order valence-electron chi connectivity index (χ1n) is 4.05. The number of esters is 2. The van der Waals surface area contributed by atoms with Crippen molar-refractivity contribution in [3.63, 3.8) is 0 Å². The third kappa shape index (κ3) is 3.85. The van der Waals surface area contributed by atoms with Crippen molar-refractivity contribution in [2.24, 2.45) is 0 Å². The van der Waals surface area contributed by atoms with Crippen LogP contribution in [0.15, 0.2) is 11.1 Å². The molecule has 0 spiro atoms. The Bertz CT molecular complexity index is 240. The Kier molecular flexibility index (Phi) is 4.99. The second-order valence-corrected chi connectivity index (χ2v) is 2.65. The lowest BCUT2D eigenvalue weighted by molar-refractivity contribution is -0.155. The summed E-state index contributed by atoms with van der Waals surface area (Å²) in [4.78, 5) is 21.6. The van der Waals surface area contributed by atoms with Crippen LogP contribution in [0.4, 0.5) is 0 Å². The van der Waals surface area contributed by atoms with E-state index in [1.807, 2.05) is 6.92 Å². The van der Waals surface area contributed by atoms with Gasteiger partial charge < -0.3 is 9.84 Å². The molecule has 0 aromatic heterocycles. The van der Waals surface area contributed by atoms with Crippen LogP contribution in [-0.2, 0) is 14.3 Å². The smallest absolute Gasteiger partial charge is 0.343 e. The number of ether oxygens (including phenoxy) is 1. The summed E-state index contributed by atoms with van der Waals surface area (Å²) >= 11 is 0. The highest BCUT2D eigenvalue weighted by molar-refractivity contribution is 5.96. The van der Waals surface area contributed by atoms with E-state index >= 15 is 0 Å². The minimum atomic E-state index is -0.755. The van der Waals surface area contributed by atoms with Crippen LogP contribution in [0.2, 0.25) is 0 Å². The summed E-state index contributed by atoms with van der Waals surface area (Å²) in [5.41, 5.74) is 0.895. The molecule has 0 aliphatic rings. The lowest BCUT2D eigenvalue weighted by atomic mass is 10.1. The molecule has 13 heavy (non-hydrogen) atoms. The van der Waals surface area contributed by atoms with E-state index in [0.717, 1.165) is 12.5 Å². The highest BCUT2D eigenvalue weighted by Crippen LogP contribution is 2.09. The lowest BCUT2D eigenvalue weighted by Crippen LogP contribution is -2.15. The van der Waals surface area contributed by atoms with Gasteiger partial charge in [-0.2, -0.15) is 0 Å². The van der Waals surface area contributed by atoms with E-state index in [-0.39, 0.29) is 5.57 Å². The molecule has 0 bridgehead atoms. The quantitative estimate of drug-likeness (QED) is 0.402. The van der Waals surface area contributed by atoms with Crippen molar-refractivity contribution >= 4 is 11.9 Å². The van der Waals surface area contributed by atoms with Crippen LogP contribution in [-0.4, -0.2) is 23.7 Å². The normalized spacial score (nSPS) is 12.0. The van der Waals surface area contributed by atoms with Crippen molar-refractivity contribution in [1.29, 1.82) is 0 Å². The van der Waals surface area contributed by atoms with E-state index in [0.29, 0.717) is 6.42 Å². The zero-order valence-electron chi connectivity index (χ0n) is 8.09. The number of hydrogen-bond donors (Lipinski definition) is 1. The number of aliphatic hydroxyl groups excluding tert-OH is 1. The molecule has 0 aromatic carbocycles. The molecule has 0 fully saturated rings. The van der Waals surface area contributed by atoms with Crippen molar-refractivity contribution < 1.29 is 19.4 Å². The van der Waals surface area contributed by atoms with Gasteiger partial charge >= 0.3 is 11.9 Å². The van der Waals surface area contributed by atoms with E-state index in [4.69, 9.17) is 5.11 Å². The van der Waals surface area contributed by atoms with Crippen molar-refractivity contribution in [2.75, 3.05) is 6.61 Å². The highest BCUT2D eigenvalue weighted by atomic mass is 16.6. The summed E-state index contributed by atoms with van der Waals surface area (Å²) in [5, 5.41) is 8.84. The molecule has 0 aliphatic heterocycles. The van der Waals surface area contributed by atoms with Gasteiger partial charge in [-0.25, -0.2) is 4.79 Å². The van der Waals surface area contributed by atoms with Crippen molar-refractivity contribution in [2.45, 2.75) is 27.2 Å². The van der Waals surface area contributed by atoms with Crippen molar-refractivity contribution in [3.05, 3.63) is 11.1 Å². The Morgan fingerprint density at radius 3 is 2.15 bits per heavy atom. The second-order valence-electron chi connectivity index (χ2n) is 2.65. The Morgan fingerprint density at radius 2 is 1.85 bits per heavy atom. The number of carbonyl (C=O) groups is 2. The summed E-state index contributed by atoms with van der Waals surface area (Å²) in [6, 6.07) is 0. The van der Waals surface area contributed by atoms with Gasteiger partial charge in [0, 0.05) is 6.92 Å². The van der Waals surface area contributed by atoms with Crippen LogP contribution in [0.1, 0.15) is 27.2 Å². The molecule has 0 atom stereocenters. The summed E-state index contributed by atoms with van der Waals surface area (Å²) in [5.74, 6) is -1.42. The molecule has 0 saturated heterocycles. The molecule has 0 amide bonds. The summed E-state index contributed by atoms with van der Waals surface area (Å²) < 4.78 is 4.33. The van der Waals surface area contributed by atoms with Gasteiger partial charge in [0.25, 0.3) is 0 Å². The van der Waals surface area contributed by atoms with Gasteiger partial charge in [0.05, 0.1) is 12.2 Å². The SMILES string of the molecule is CC/C(C)=C(\CO)C(=O)OC(C)=O. The van der Waals surface area contributed by atoms with E-state index in [2.05, 4.69) is 4.74 Å². The Morgan fingerprint density at radius 1 is 1.31 bits per heavy atom. The lowest BCUT2D eigenvalue weighted by Gasteiger charge is -2.05. The number of allylic oxidation sites excluding steroid dienone is 1. The van der Waals surface area contributed by atoms with E-state index in [9.17, 15) is 9.59 Å². The van der Waals surface area contributed by atoms with Crippen LogP contribution in [0.25, 0.3) is 0 Å². The largest absolute Gasteiger partial charge is 0.391 e. The Labute approximate surface area is 77.2 Å². The number of carbonyl (C=O) groups excluding carboxylic acids is 2. The molecule has 4 nitrogen and oxygen atoms in total. The molecule has 0 aromatic rings. The maximum atomic E-state index is 11.1. The molecule has 1 N–H and O–H groups in total. The van der Waals surface area contributed by atoms with E-state index < -0.39 is 18.5 Å². The minimum absolute atomic E-state index is 0.165. The van der Waals surface area contributed by atoms with Crippen LogP contribution >= 0.6 is 0 Å². The summed E-state index contributed by atoms with van der Waals surface area (Å²) in [6.07, 6.45) is 0.642. The van der Waals surface area contributed by atoms with Gasteiger partial charge in [-0.1, -0.05) is 12.5 Å². The summed E-state index contributed by atoms with van der Waals surface area (Å²) in [6.45, 7) is 4.32. The molecule has 0 rings (SSSR count). The Balaban J connectivity index is 4.59. The molecule has 74 valence electrons. The number of aliphatic hydroxyl groups is 1. The topological polar surface area (TPSA) is 63.6 Å². The molecule has 0 aliphatic carbocycles. The number of rotatable bonds is 3. The first-order chi connectivity index (χ1) is 6.02. The van der Waals surface area contributed by atoms with Crippen LogP contribution in [0.3, 0.4) is 0 Å². The van der Waals surface area contributed by atoms with Crippen LogP contribution < -0.4 is 0 Å². The monoisotopic (exact) mass is 186 g/mol. The first kappa shape index (κ1) is 11.8.